The van der Waals surface area contributed by atoms with E-state index in [0.717, 1.165) is 49.7 Å². The average molecular weight is 375 g/mol. The zero-order valence-corrected chi connectivity index (χ0v) is 16.8. The van der Waals surface area contributed by atoms with Gasteiger partial charge in [0.15, 0.2) is 0 Å². The van der Waals surface area contributed by atoms with E-state index in [1.807, 2.05) is 11.6 Å². The van der Waals surface area contributed by atoms with Gasteiger partial charge in [-0.25, -0.2) is 9.07 Å². The third-order valence-electron chi connectivity index (χ3n) is 5.63. The predicted octanol–water partition coefficient (Wildman–Crippen LogP) is 2.91. The Morgan fingerprint density at radius 1 is 1.19 bits per heavy atom. The molecule has 6 heteroatoms. The van der Waals surface area contributed by atoms with Gasteiger partial charge in [0, 0.05) is 56.1 Å². The lowest BCUT2D eigenvalue weighted by Gasteiger charge is -2.43. The van der Waals surface area contributed by atoms with Crippen LogP contribution in [0.5, 0.6) is 0 Å². The number of hydrogen-bond acceptors (Lipinski definition) is 4. The number of halogens is 1. The number of rotatable bonds is 6. The molecule has 2 heterocycles. The molecule has 1 aliphatic heterocycles. The number of aryl methyl sites for hydroxylation is 1. The van der Waals surface area contributed by atoms with Crippen molar-refractivity contribution in [2.45, 2.75) is 52.7 Å². The minimum atomic E-state index is -0.238. The lowest BCUT2D eigenvalue weighted by molar-refractivity contribution is 0.0348. The van der Waals surface area contributed by atoms with Crippen LogP contribution in [0.1, 0.15) is 37.2 Å². The standard InChI is InChI=1S/C21H31FN4O/c1-15(2)25-11-10-24(13-20(25)9-12-27)14-21-16(3)23-26(17(21)4)19-7-5-18(22)6-8-19/h5-8,15,20,27H,9-14H2,1-4H3/t20-/m1/s1. The molecule has 5 nitrogen and oxygen atoms in total. The maximum atomic E-state index is 13.2. The molecule has 1 aromatic heterocycles. The summed E-state index contributed by atoms with van der Waals surface area (Å²) in [5.74, 6) is -0.238. The van der Waals surface area contributed by atoms with E-state index in [9.17, 15) is 9.50 Å². The Bertz CT molecular complexity index is 756. The van der Waals surface area contributed by atoms with Crippen molar-refractivity contribution in [2.75, 3.05) is 26.2 Å². The number of benzene rings is 1. The van der Waals surface area contributed by atoms with Crippen LogP contribution < -0.4 is 0 Å². The summed E-state index contributed by atoms with van der Waals surface area (Å²) in [5.41, 5.74) is 4.23. The summed E-state index contributed by atoms with van der Waals surface area (Å²) in [7, 11) is 0. The number of nitrogens with zero attached hydrogens (tertiary/aromatic N) is 4. The van der Waals surface area contributed by atoms with Gasteiger partial charge in [-0.3, -0.25) is 9.80 Å². The number of hydrogen-bond donors (Lipinski definition) is 1. The number of piperazine rings is 1. The van der Waals surface area contributed by atoms with Crippen molar-refractivity contribution in [1.82, 2.24) is 19.6 Å². The highest BCUT2D eigenvalue weighted by atomic mass is 19.1. The molecule has 148 valence electrons. The predicted molar refractivity (Wildman–Crippen MR) is 106 cm³/mol. The summed E-state index contributed by atoms with van der Waals surface area (Å²) in [4.78, 5) is 4.96. The van der Waals surface area contributed by atoms with Gasteiger partial charge < -0.3 is 5.11 Å². The van der Waals surface area contributed by atoms with E-state index in [0.29, 0.717) is 12.1 Å². The lowest BCUT2D eigenvalue weighted by atomic mass is 10.1. The van der Waals surface area contributed by atoms with Gasteiger partial charge in [0.25, 0.3) is 0 Å². The van der Waals surface area contributed by atoms with Gasteiger partial charge in [0.05, 0.1) is 11.4 Å². The Balaban J connectivity index is 1.77. The van der Waals surface area contributed by atoms with Gasteiger partial charge in [0.1, 0.15) is 5.82 Å². The third-order valence-corrected chi connectivity index (χ3v) is 5.63. The Morgan fingerprint density at radius 3 is 2.52 bits per heavy atom. The van der Waals surface area contributed by atoms with E-state index in [1.54, 1.807) is 12.1 Å². The van der Waals surface area contributed by atoms with Crippen molar-refractivity contribution in [1.29, 1.82) is 0 Å². The maximum absolute atomic E-state index is 13.2. The minimum absolute atomic E-state index is 0.224. The molecule has 3 rings (SSSR count). The Kier molecular flexibility index (Phi) is 6.29. The largest absolute Gasteiger partial charge is 0.396 e. The van der Waals surface area contributed by atoms with Crippen molar-refractivity contribution in [3.05, 3.63) is 47.0 Å². The fourth-order valence-corrected chi connectivity index (χ4v) is 4.12. The van der Waals surface area contributed by atoms with Crippen LogP contribution in [0.4, 0.5) is 4.39 Å². The van der Waals surface area contributed by atoms with Crippen LogP contribution in [0, 0.1) is 19.7 Å². The minimum Gasteiger partial charge on any atom is -0.396 e. The van der Waals surface area contributed by atoms with E-state index >= 15 is 0 Å². The number of aromatic nitrogens is 2. The first-order chi connectivity index (χ1) is 12.9. The second-order valence-corrected chi connectivity index (χ2v) is 7.77. The highest BCUT2D eigenvalue weighted by molar-refractivity contribution is 5.37. The lowest BCUT2D eigenvalue weighted by Crippen LogP contribution is -2.55. The Hall–Kier alpha value is -1.76. The van der Waals surface area contributed by atoms with Crippen LogP contribution >= 0.6 is 0 Å². The van der Waals surface area contributed by atoms with Crippen LogP contribution in [0.3, 0.4) is 0 Å². The van der Waals surface area contributed by atoms with E-state index in [1.165, 1.54) is 17.7 Å². The van der Waals surface area contributed by atoms with Gasteiger partial charge in [0.2, 0.25) is 0 Å². The highest BCUT2D eigenvalue weighted by Gasteiger charge is 2.29. The summed E-state index contributed by atoms with van der Waals surface area (Å²) in [6.07, 6.45) is 0.807. The molecule has 1 aromatic carbocycles. The zero-order chi connectivity index (χ0) is 19.6. The molecular formula is C21H31FN4O. The van der Waals surface area contributed by atoms with E-state index in [4.69, 9.17) is 5.10 Å². The first-order valence-corrected chi connectivity index (χ1v) is 9.80. The van der Waals surface area contributed by atoms with Gasteiger partial charge >= 0.3 is 0 Å². The molecule has 1 saturated heterocycles. The summed E-state index contributed by atoms with van der Waals surface area (Å²) in [6, 6.07) is 7.34. The number of aliphatic hydroxyl groups is 1. The van der Waals surface area contributed by atoms with Crippen molar-refractivity contribution in [2.24, 2.45) is 0 Å². The maximum Gasteiger partial charge on any atom is 0.123 e. The summed E-state index contributed by atoms with van der Waals surface area (Å²) in [6.45, 7) is 12.6. The molecule has 0 aliphatic carbocycles. The smallest absolute Gasteiger partial charge is 0.123 e. The van der Waals surface area contributed by atoms with E-state index in [2.05, 4.69) is 30.6 Å². The van der Waals surface area contributed by atoms with Crippen LogP contribution in [0.15, 0.2) is 24.3 Å². The highest BCUT2D eigenvalue weighted by Crippen LogP contribution is 2.23. The summed E-state index contributed by atoms with van der Waals surface area (Å²) in [5, 5.41) is 14.1. The molecule has 0 bridgehead atoms. The molecule has 0 amide bonds. The molecule has 0 radical (unpaired) electrons. The molecule has 1 fully saturated rings. The molecule has 0 unspecified atom stereocenters. The Labute approximate surface area is 161 Å². The fraction of sp³-hybridized carbons (Fsp3) is 0.571. The molecule has 1 N–H and O–H groups in total. The third kappa shape index (κ3) is 4.39. The zero-order valence-electron chi connectivity index (χ0n) is 16.8. The molecular weight excluding hydrogens is 343 g/mol. The van der Waals surface area contributed by atoms with Crippen LogP contribution in [-0.4, -0.2) is 63.0 Å². The molecule has 27 heavy (non-hydrogen) atoms. The topological polar surface area (TPSA) is 44.5 Å². The van der Waals surface area contributed by atoms with Crippen LogP contribution in [0.2, 0.25) is 0 Å². The van der Waals surface area contributed by atoms with Gasteiger partial charge in [-0.2, -0.15) is 5.10 Å². The normalized spacial score (nSPS) is 19.1. The average Bonchev–Trinajstić information content (AvgIpc) is 2.91. The van der Waals surface area contributed by atoms with E-state index in [-0.39, 0.29) is 12.4 Å². The van der Waals surface area contributed by atoms with Crippen LogP contribution in [-0.2, 0) is 6.54 Å². The first kappa shape index (κ1) is 20.0. The van der Waals surface area contributed by atoms with E-state index < -0.39 is 0 Å². The Morgan fingerprint density at radius 2 is 1.89 bits per heavy atom. The molecule has 2 aromatic rings. The first-order valence-electron chi connectivity index (χ1n) is 9.80. The summed E-state index contributed by atoms with van der Waals surface area (Å²) < 4.78 is 15.1. The van der Waals surface area contributed by atoms with Crippen molar-refractivity contribution in [3.63, 3.8) is 0 Å². The van der Waals surface area contributed by atoms with Crippen molar-refractivity contribution >= 4 is 0 Å². The van der Waals surface area contributed by atoms with Gasteiger partial charge in [-0.05, 0) is 58.4 Å². The van der Waals surface area contributed by atoms with Crippen LogP contribution in [0.25, 0.3) is 5.69 Å². The van der Waals surface area contributed by atoms with Crippen molar-refractivity contribution < 1.29 is 9.50 Å². The second-order valence-electron chi connectivity index (χ2n) is 7.77. The molecule has 0 spiro atoms. The second kappa shape index (κ2) is 8.50. The molecule has 1 aliphatic rings. The van der Waals surface area contributed by atoms with Gasteiger partial charge in [-0.15, -0.1) is 0 Å². The SMILES string of the molecule is Cc1nn(-c2ccc(F)cc2)c(C)c1CN1CCN(C(C)C)[C@H](CCO)C1. The number of aliphatic hydroxyl groups excluding tert-OH is 1. The molecule has 0 saturated carbocycles. The van der Waals surface area contributed by atoms with Gasteiger partial charge in [-0.1, -0.05) is 0 Å². The molecule has 1 atom stereocenters. The monoisotopic (exact) mass is 374 g/mol. The fourth-order valence-electron chi connectivity index (χ4n) is 4.12. The van der Waals surface area contributed by atoms with Crippen molar-refractivity contribution in [3.8, 4) is 5.69 Å². The quantitative estimate of drug-likeness (QED) is 0.844. The summed E-state index contributed by atoms with van der Waals surface area (Å²) >= 11 is 0.